The summed E-state index contributed by atoms with van der Waals surface area (Å²) >= 11 is 0. The van der Waals surface area contributed by atoms with E-state index in [1.165, 1.54) is 5.56 Å². The van der Waals surface area contributed by atoms with Gasteiger partial charge in [-0.2, -0.15) is 0 Å². The van der Waals surface area contributed by atoms with Gasteiger partial charge in [0.25, 0.3) is 0 Å². The predicted molar refractivity (Wildman–Crippen MR) is 70.4 cm³/mol. The van der Waals surface area contributed by atoms with Crippen LogP contribution in [0.3, 0.4) is 0 Å². The predicted octanol–water partition coefficient (Wildman–Crippen LogP) is 2.19. The van der Waals surface area contributed by atoms with Crippen LogP contribution in [-0.4, -0.2) is 18.6 Å². The van der Waals surface area contributed by atoms with Gasteiger partial charge < -0.3 is 11.1 Å². The number of hydrogen-bond donors (Lipinski definition) is 2. The Morgan fingerprint density at radius 2 is 1.88 bits per heavy atom. The van der Waals surface area contributed by atoms with E-state index in [2.05, 4.69) is 50.4 Å². The lowest BCUT2D eigenvalue weighted by atomic mass is 9.92. The second-order valence-electron chi connectivity index (χ2n) is 5.20. The molecule has 2 nitrogen and oxygen atoms in total. The summed E-state index contributed by atoms with van der Waals surface area (Å²) in [6, 6.07) is 10.5. The van der Waals surface area contributed by atoms with Crippen LogP contribution in [0.15, 0.2) is 30.3 Å². The summed E-state index contributed by atoms with van der Waals surface area (Å²) < 4.78 is 0. The minimum absolute atomic E-state index is 0.00558. The Bertz CT molecular complexity index is 295. The summed E-state index contributed by atoms with van der Waals surface area (Å²) in [7, 11) is 0. The van der Waals surface area contributed by atoms with E-state index in [4.69, 9.17) is 5.73 Å². The van der Waals surface area contributed by atoms with Crippen LogP contribution in [-0.2, 0) is 6.42 Å². The number of nitrogens with one attached hydrogen (secondary N) is 1. The van der Waals surface area contributed by atoms with Crippen LogP contribution in [0.2, 0.25) is 0 Å². The first-order chi connectivity index (χ1) is 7.56. The molecule has 0 radical (unpaired) electrons. The van der Waals surface area contributed by atoms with Gasteiger partial charge in [0.15, 0.2) is 0 Å². The third kappa shape index (κ3) is 4.33. The molecule has 0 fully saturated rings. The molecule has 0 saturated carbocycles. The molecule has 0 heterocycles. The highest BCUT2D eigenvalue weighted by Crippen LogP contribution is 2.12. The zero-order valence-electron chi connectivity index (χ0n) is 10.7. The summed E-state index contributed by atoms with van der Waals surface area (Å²) in [5, 5.41) is 3.57. The first-order valence-electron chi connectivity index (χ1n) is 6.05. The van der Waals surface area contributed by atoms with Gasteiger partial charge in [0.05, 0.1) is 0 Å². The molecule has 16 heavy (non-hydrogen) atoms. The van der Waals surface area contributed by atoms with Crippen LogP contribution in [0.4, 0.5) is 0 Å². The van der Waals surface area contributed by atoms with Gasteiger partial charge in [0.1, 0.15) is 0 Å². The van der Waals surface area contributed by atoms with E-state index in [0.717, 1.165) is 13.0 Å². The fourth-order valence-corrected chi connectivity index (χ4v) is 1.70. The van der Waals surface area contributed by atoms with Gasteiger partial charge in [-0.15, -0.1) is 0 Å². The van der Waals surface area contributed by atoms with Gasteiger partial charge >= 0.3 is 0 Å². The fraction of sp³-hybridized carbons (Fsp3) is 0.571. The molecular weight excluding hydrogens is 196 g/mol. The smallest absolute Gasteiger partial charge is 0.0316 e. The molecule has 0 aliphatic heterocycles. The molecule has 3 N–H and O–H groups in total. The molecule has 1 unspecified atom stereocenters. The molecule has 0 aliphatic rings. The van der Waals surface area contributed by atoms with E-state index in [1.807, 2.05) is 6.07 Å². The minimum Gasteiger partial charge on any atom is -0.329 e. The van der Waals surface area contributed by atoms with E-state index >= 15 is 0 Å². The monoisotopic (exact) mass is 220 g/mol. The molecule has 1 rings (SSSR count). The Hall–Kier alpha value is -0.860. The normalized spacial score (nSPS) is 15.1. The van der Waals surface area contributed by atoms with Gasteiger partial charge in [-0.05, 0) is 31.4 Å². The van der Waals surface area contributed by atoms with E-state index in [0.29, 0.717) is 12.5 Å². The number of nitrogens with two attached hydrogens (primary N) is 1. The van der Waals surface area contributed by atoms with Crippen molar-refractivity contribution in [1.82, 2.24) is 5.32 Å². The average Bonchev–Trinajstić information content (AvgIpc) is 2.28. The molecule has 0 bridgehead atoms. The Balaban J connectivity index is 2.59. The Labute approximate surface area is 99.2 Å². The van der Waals surface area contributed by atoms with E-state index in [-0.39, 0.29) is 5.54 Å². The maximum atomic E-state index is 5.88. The van der Waals surface area contributed by atoms with Crippen LogP contribution in [0.1, 0.15) is 26.3 Å². The fourth-order valence-electron chi connectivity index (χ4n) is 1.70. The first-order valence-corrected chi connectivity index (χ1v) is 6.05. The van der Waals surface area contributed by atoms with Crippen molar-refractivity contribution in [2.45, 2.75) is 32.7 Å². The number of benzene rings is 1. The second kappa shape index (κ2) is 6.02. The largest absolute Gasteiger partial charge is 0.329 e. The quantitative estimate of drug-likeness (QED) is 0.771. The highest BCUT2D eigenvalue weighted by molar-refractivity contribution is 5.17. The third-order valence-electron chi connectivity index (χ3n) is 2.82. The van der Waals surface area contributed by atoms with Crippen molar-refractivity contribution in [3.05, 3.63) is 35.9 Å². The van der Waals surface area contributed by atoms with Crippen molar-refractivity contribution in [3.8, 4) is 0 Å². The van der Waals surface area contributed by atoms with Crippen molar-refractivity contribution in [1.29, 1.82) is 0 Å². The molecule has 90 valence electrons. The van der Waals surface area contributed by atoms with Gasteiger partial charge in [-0.3, -0.25) is 0 Å². The summed E-state index contributed by atoms with van der Waals surface area (Å²) in [6.07, 6.45) is 0.983. The number of hydrogen-bond acceptors (Lipinski definition) is 2. The molecule has 0 aliphatic carbocycles. The summed E-state index contributed by atoms with van der Waals surface area (Å²) in [6.45, 7) is 8.30. The summed E-state index contributed by atoms with van der Waals surface area (Å²) in [4.78, 5) is 0. The first kappa shape index (κ1) is 13.2. The van der Waals surface area contributed by atoms with Crippen LogP contribution in [0.5, 0.6) is 0 Å². The average molecular weight is 220 g/mol. The number of rotatable bonds is 6. The molecule has 1 aromatic rings. The van der Waals surface area contributed by atoms with Gasteiger partial charge in [-0.1, -0.05) is 44.2 Å². The highest BCUT2D eigenvalue weighted by Gasteiger charge is 2.22. The van der Waals surface area contributed by atoms with Crippen LogP contribution in [0, 0.1) is 5.92 Å². The zero-order chi connectivity index (χ0) is 12.0. The summed E-state index contributed by atoms with van der Waals surface area (Å²) in [5.41, 5.74) is 7.22. The summed E-state index contributed by atoms with van der Waals surface area (Å²) in [5.74, 6) is 0.654. The van der Waals surface area contributed by atoms with E-state index in [9.17, 15) is 0 Å². The van der Waals surface area contributed by atoms with Crippen LogP contribution < -0.4 is 11.1 Å². The van der Waals surface area contributed by atoms with Crippen molar-refractivity contribution < 1.29 is 0 Å². The van der Waals surface area contributed by atoms with Crippen molar-refractivity contribution >= 4 is 0 Å². The molecule has 1 atom stereocenters. The molecule has 2 heteroatoms. The van der Waals surface area contributed by atoms with Crippen molar-refractivity contribution in [2.75, 3.05) is 13.1 Å². The maximum Gasteiger partial charge on any atom is 0.0316 e. The van der Waals surface area contributed by atoms with Crippen LogP contribution in [0.25, 0.3) is 0 Å². The molecule has 0 aromatic heterocycles. The van der Waals surface area contributed by atoms with Gasteiger partial charge in [0, 0.05) is 12.1 Å². The Morgan fingerprint density at radius 3 is 2.38 bits per heavy atom. The van der Waals surface area contributed by atoms with Crippen LogP contribution >= 0.6 is 0 Å². The van der Waals surface area contributed by atoms with Gasteiger partial charge in [0.2, 0.25) is 0 Å². The minimum atomic E-state index is 0.00558. The van der Waals surface area contributed by atoms with E-state index in [1.54, 1.807) is 0 Å². The molecule has 0 spiro atoms. The third-order valence-corrected chi connectivity index (χ3v) is 2.82. The Morgan fingerprint density at radius 1 is 1.25 bits per heavy atom. The lowest BCUT2D eigenvalue weighted by Crippen LogP contribution is -2.51. The molecular formula is C14H24N2. The highest BCUT2D eigenvalue weighted by atomic mass is 15.0. The zero-order valence-corrected chi connectivity index (χ0v) is 10.7. The standard InChI is InChI=1S/C14H24N2/c1-12(2)10-16-14(3,11-15)9-13-7-5-4-6-8-13/h4-8,12,16H,9-11,15H2,1-3H3. The lowest BCUT2D eigenvalue weighted by Gasteiger charge is -2.30. The molecule has 0 amide bonds. The molecule has 1 aromatic carbocycles. The maximum absolute atomic E-state index is 5.88. The Kier molecular flexibility index (Phi) is 4.97. The topological polar surface area (TPSA) is 38.0 Å². The second-order valence-corrected chi connectivity index (χ2v) is 5.20. The SMILES string of the molecule is CC(C)CNC(C)(CN)Cc1ccccc1. The van der Waals surface area contributed by atoms with Crippen molar-refractivity contribution in [2.24, 2.45) is 11.7 Å². The molecule has 0 saturated heterocycles. The lowest BCUT2D eigenvalue weighted by molar-refractivity contribution is 0.340. The van der Waals surface area contributed by atoms with Crippen molar-refractivity contribution in [3.63, 3.8) is 0 Å². The van der Waals surface area contributed by atoms with Gasteiger partial charge in [-0.25, -0.2) is 0 Å². The van der Waals surface area contributed by atoms with E-state index < -0.39 is 0 Å².